The van der Waals surface area contributed by atoms with Crippen LogP contribution in [0.1, 0.15) is 5.56 Å². The van der Waals surface area contributed by atoms with Gasteiger partial charge in [-0.25, -0.2) is 4.39 Å². The van der Waals surface area contributed by atoms with Crippen molar-refractivity contribution < 1.29 is 17.9 Å². The summed E-state index contributed by atoms with van der Waals surface area (Å²) in [6.45, 7) is 0. The minimum Gasteiger partial charge on any atom is -0.347 e. The second kappa shape index (κ2) is 3.79. The first-order chi connectivity index (χ1) is 6.09. The van der Waals surface area contributed by atoms with E-state index < -0.39 is 12.3 Å². The molecule has 0 N–H and O–H groups in total. The maximum Gasteiger partial charge on any atom is 0.327 e. The van der Waals surface area contributed by atoms with Crippen molar-refractivity contribution >= 4 is 0 Å². The number of rotatable bonds is 3. The van der Waals surface area contributed by atoms with Gasteiger partial charge in [0.15, 0.2) is 0 Å². The van der Waals surface area contributed by atoms with Crippen molar-refractivity contribution in [2.75, 3.05) is 7.11 Å². The summed E-state index contributed by atoms with van der Waals surface area (Å²) in [7, 11) is 0.904. The fourth-order valence-electron chi connectivity index (χ4n) is 0.939. The molecule has 1 nitrogen and oxygen atoms in total. The molecule has 0 aliphatic carbocycles. The Labute approximate surface area is 74.1 Å². The Balaban J connectivity index is 2.93. The summed E-state index contributed by atoms with van der Waals surface area (Å²) in [5, 5.41) is 0. The second-order valence-electron chi connectivity index (χ2n) is 2.54. The van der Waals surface area contributed by atoms with Gasteiger partial charge >= 0.3 is 5.92 Å². The molecule has 0 aliphatic rings. The zero-order chi connectivity index (χ0) is 9.90. The molecule has 0 aliphatic heterocycles. The number of benzene rings is 1. The van der Waals surface area contributed by atoms with Crippen LogP contribution in [0.3, 0.4) is 0 Å². The summed E-state index contributed by atoms with van der Waals surface area (Å²) < 4.78 is 42.7. The Morgan fingerprint density at radius 1 is 1.23 bits per heavy atom. The molecule has 0 heterocycles. The number of methoxy groups -OCH3 is 1. The zero-order valence-corrected chi connectivity index (χ0v) is 7.01. The van der Waals surface area contributed by atoms with Gasteiger partial charge in [0.25, 0.3) is 6.36 Å². The van der Waals surface area contributed by atoms with E-state index in [0.717, 1.165) is 19.2 Å². The first-order valence-corrected chi connectivity index (χ1v) is 3.69. The van der Waals surface area contributed by atoms with Gasteiger partial charge < -0.3 is 4.74 Å². The lowest BCUT2D eigenvalue weighted by Gasteiger charge is -2.19. The molecule has 0 aromatic heterocycles. The molecule has 1 aromatic rings. The lowest BCUT2D eigenvalue weighted by atomic mass is 10.1. The molecule has 1 atom stereocenters. The van der Waals surface area contributed by atoms with E-state index in [9.17, 15) is 13.2 Å². The van der Waals surface area contributed by atoms with Gasteiger partial charge in [-0.3, -0.25) is 0 Å². The lowest BCUT2D eigenvalue weighted by molar-refractivity contribution is -0.190. The summed E-state index contributed by atoms with van der Waals surface area (Å²) >= 11 is 0. The second-order valence-corrected chi connectivity index (χ2v) is 2.54. The Kier molecular flexibility index (Phi) is 2.93. The molecule has 0 saturated carbocycles. The van der Waals surface area contributed by atoms with Gasteiger partial charge in [-0.1, -0.05) is 30.3 Å². The molecule has 0 fully saturated rings. The van der Waals surface area contributed by atoms with Crippen molar-refractivity contribution in [2.45, 2.75) is 12.3 Å². The Morgan fingerprint density at radius 2 is 1.77 bits per heavy atom. The minimum absolute atomic E-state index is 0.385. The summed E-state index contributed by atoms with van der Waals surface area (Å²) in [4.78, 5) is 0. The SMILES string of the molecule is COC(F)C(F)(F)c1ccccc1. The van der Waals surface area contributed by atoms with E-state index in [0.29, 0.717) is 0 Å². The number of hydrogen-bond acceptors (Lipinski definition) is 1. The quantitative estimate of drug-likeness (QED) is 0.712. The highest BCUT2D eigenvalue weighted by Crippen LogP contribution is 2.33. The fraction of sp³-hybridized carbons (Fsp3) is 0.333. The van der Waals surface area contributed by atoms with Crippen LogP contribution in [0.2, 0.25) is 0 Å². The van der Waals surface area contributed by atoms with Crippen molar-refractivity contribution in [3.63, 3.8) is 0 Å². The fourth-order valence-corrected chi connectivity index (χ4v) is 0.939. The third-order valence-electron chi connectivity index (χ3n) is 1.65. The molecule has 1 aromatic carbocycles. The van der Waals surface area contributed by atoms with Crippen LogP contribution in [0.25, 0.3) is 0 Å². The summed E-state index contributed by atoms with van der Waals surface area (Å²) in [6.07, 6.45) is -2.60. The van der Waals surface area contributed by atoms with Gasteiger partial charge in [0, 0.05) is 12.7 Å². The average Bonchev–Trinajstić information content (AvgIpc) is 2.18. The van der Waals surface area contributed by atoms with E-state index in [2.05, 4.69) is 4.74 Å². The minimum atomic E-state index is -3.59. The highest BCUT2D eigenvalue weighted by molar-refractivity contribution is 5.20. The van der Waals surface area contributed by atoms with Gasteiger partial charge in [0.05, 0.1) is 0 Å². The molecule has 1 rings (SSSR count). The number of alkyl halides is 3. The predicted molar refractivity (Wildman–Crippen MR) is 42.2 cm³/mol. The van der Waals surface area contributed by atoms with Gasteiger partial charge in [-0.15, -0.1) is 0 Å². The standard InChI is InChI=1S/C9H9F3O/c1-13-8(10)9(11,12)7-5-3-2-4-6-7/h2-6,8H,1H3. The summed E-state index contributed by atoms with van der Waals surface area (Å²) in [5.74, 6) is -3.59. The van der Waals surface area contributed by atoms with Crippen LogP contribution in [0.5, 0.6) is 0 Å². The van der Waals surface area contributed by atoms with Crippen LogP contribution in [0.4, 0.5) is 13.2 Å². The van der Waals surface area contributed by atoms with Crippen molar-refractivity contribution in [1.82, 2.24) is 0 Å². The molecule has 0 radical (unpaired) electrons. The van der Waals surface area contributed by atoms with E-state index >= 15 is 0 Å². The van der Waals surface area contributed by atoms with Crippen LogP contribution in [0, 0.1) is 0 Å². The van der Waals surface area contributed by atoms with Crippen LogP contribution >= 0.6 is 0 Å². The Bertz CT molecular complexity index is 261. The molecule has 0 saturated heterocycles. The molecule has 4 heteroatoms. The monoisotopic (exact) mass is 190 g/mol. The molecule has 0 amide bonds. The topological polar surface area (TPSA) is 9.23 Å². The van der Waals surface area contributed by atoms with Gasteiger partial charge in [0.1, 0.15) is 0 Å². The Morgan fingerprint density at radius 3 is 2.23 bits per heavy atom. The normalized spacial score (nSPS) is 14.2. The summed E-state index contributed by atoms with van der Waals surface area (Å²) in [6, 6.07) is 6.74. The van der Waals surface area contributed by atoms with E-state index in [1.807, 2.05) is 0 Å². The smallest absolute Gasteiger partial charge is 0.327 e. The number of halogens is 3. The van der Waals surface area contributed by atoms with E-state index in [4.69, 9.17) is 0 Å². The van der Waals surface area contributed by atoms with Crippen molar-refractivity contribution in [3.05, 3.63) is 35.9 Å². The lowest BCUT2D eigenvalue weighted by Crippen LogP contribution is -2.28. The number of hydrogen-bond donors (Lipinski definition) is 0. The zero-order valence-electron chi connectivity index (χ0n) is 7.01. The van der Waals surface area contributed by atoms with Gasteiger partial charge in [0.2, 0.25) is 0 Å². The van der Waals surface area contributed by atoms with E-state index in [-0.39, 0.29) is 5.56 Å². The Hall–Kier alpha value is -1.03. The number of ether oxygens (including phenoxy) is 1. The van der Waals surface area contributed by atoms with Gasteiger partial charge in [-0.2, -0.15) is 8.78 Å². The molecular weight excluding hydrogens is 181 g/mol. The maximum atomic E-state index is 13.0. The van der Waals surface area contributed by atoms with Crippen LogP contribution in [-0.4, -0.2) is 13.5 Å². The average molecular weight is 190 g/mol. The largest absolute Gasteiger partial charge is 0.347 e. The molecule has 0 bridgehead atoms. The van der Waals surface area contributed by atoms with Crippen LogP contribution in [0.15, 0.2) is 30.3 Å². The molecule has 13 heavy (non-hydrogen) atoms. The predicted octanol–water partition coefficient (Wildman–Crippen LogP) is 2.72. The molecule has 1 unspecified atom stereocenters. The van der Waals surface area contributed by atoms with Crippen molar-refractivity contribution in [2.24, 2.45) is 0 Å². The summed E-state index contributed by atoms with van der Waals surface area (Å²) in [5.41, 5.74) is -0.385. The third-order valence-corrected chi connectivity index (χ3v) is 1.65. The first-order valence-electron chi connectivity index (χ1n) is 3.69. The maximum absolute atomic E-state index is 13.0. The van der Waals surface area contributed by atoms with Gasteiger partial charge in [-0.05, 0) is 0 Å². The van der Waals surface area contributed by atoms with E-state index in [1.54, 1.807) is 6.07 Å². The highest BCUT2D eigenvalue weighted by atomic mass is 19.3. The molecular formula is C9H9F3O. The molecule has 72 valence electrons. The van der Waals surface area contributed by atoms with Crippen LogP contribution < -0.4 is 0 Å². The highest BCUT2D eigenvalue weighted by Gasteiger charge is 2.42. The van der Waals surface area contributed by atoms with Crippen LogP contribution in [-0.2, 0) is 10.7 Å². The molecule has 0 spiro atoms. The first kappa shape index (κ1) is 10.1. The third kappa shape index (κ3) is 2.01. The van der Waals surface area contributed by atoms with E-state index in [1.165, 1.54) is 12.1 Å². The van der Waals surface area contributed by atoms with Crippen molar-refractivity contribution in [1.29, 1.82) is 0 Å². The van der Waals surface area contributed by atoms with Crippen molar-refractivity contribution in [3.8, 4) is 0 Å².